The molecule has 2 aromatic heterocycles. The van der Waals surface area contributed by atoms with Crippen molar-refractivity contribution in [3.05, 3.63) is 27.9 Å². The van der Waals surface area contributed by atoms with E-state index in [9.17, 15) is 4.79 Å². The molecule has 1 aliphatic rings. The smallest absolute Gasteiger partial charge is 0.255 e. The van der Waals surface area contributed by atoms with E-state index < -0.39 is 0 Å². The van der Waals surface area contributed by atoms with Gasteiger partial charge < -0.3 is 10.3 Å². The molecule has 0 unspecified atom stereocenters. The molecule has 7 nitrogen and oxygen atoms in total. The van der Waals surface area contributed by atoms with Gasteiger partial charge in [-0.3, -0.25) is 9.89 Å². The van der Waals surface area contributed by atoms with E-state index in [-0.39, 0.29) is 5.56 Å². The van der Waals surface area contributed by atoms with Gasteiger partial charge in [0, 0.05) is 19.5 Å². The van der Waals surface area contributed by atoms with Crippen LogP contribution < -0.4 is 10.9 Å². The van der Waals surface area contributed by atoms with Crippen molar-refractivity contribution in [2.75, 3.05) is 6.54 Å². The summed E-state index contributed by atoms with van der Waals surface area (Å²) < 4.78 is 0. The average Bonchev–Trinajstić information content (AvgIpc) is 2.82. The van der Waals surface area contributed by atoms with Crippen molar-refractivity contribution in [1.82, 2.24) is 30.5 Å². The lowest BCUT2D eigenvalue weighted by Gasteiger charge is -2.15. The van der Waals surface area contributed by atoms with Crippen molar-refractivity contribution in [2.45, 2.75) is 13.0 Å². The monoisotopic (exact) mass is 218 g/mol. The molecule has 7 heteroatoms. The van der Waals surface area contributed by atoms with E-state index in [2.05, 4.69) is 30.5 Å². The third-order valence-electron chi connectivity index (χ3n) is 2.58. The van der Waals surface area contributed by atoms with Crippen molar-refractivity contribution in [2.24, 2.45) is 0 Å². The van der Waals surface area contributed by atoms with E-state index in [1.807, 2.05) is 0 Å². The maximum atomic E-state index is 11.8. The van der Waals surface area contributed by atoms with Crippen LogP contribution in [0.1, 0.15) is 11.3 Å². The van der Waals surface area contributed by atoms with E-state index in [1.165, 1.54) is 6.33 Å². The summed E-state index contributed by atoms with van der Waals surface area (Å²) in [6, 6.07) is 0. The van der Waals surface area contributed by atoms with Gasteiger partial charge in [0.05, 0.1) is 11.3 Å². The number of H-pyrrole nitrogens is 2. The second-order valence-corrected chi connectivity index (χ2v) is 3.60. The molecule has 0 bridgehead atoms. The van der Waals surface area contributed by atoms with Gasteiger partial charge in [0.2, 0.25) is 0 Å². The second-order valence-electron chi connectivity index (χ2n) is 3.60. The molecule has 16 heavy (non-hydrogen) atoms. The normalized spacial score (nSPS) is 14.8. The first-order valence-electron chi connectivity index (χ1n) is 5.03. The molecular formula is C9H10N6O. The highest BCUT2D eigenvalue weighted by Crippen LogP contribution is 2.11. The third kappa shape index (κ3) is 1.41. The molecule has 0 saturated carbocycles. The lowest BCUT2D eigenvalue weighted by atomic mass is 10.1. The van der Waals surface area contributed by atoms with Crippen LogP contribution in [0.3, 0.4) is 0 Å². The van der Waals surface area contributed by atoms with Crippen LogP contribution in [0, 0.1) is 0 Å². The minimum absolute atomic E-state index is 0.108. The van der Waals surface area contributed by atoms with Crippen LogP contribution in [-0.4, -0.2) is 31.7 Å². The highest BCUT2D eigenvalue weighted by molar-refractivity contribution is 5.42. The number of hydrogen-bond donors (Lipinski definition) is 3. The Morgan fingerprint density at radius 1 is 1.31 bits per heavy atom. The first-order chi connectivity index (χ1) is 7.84. The van der Waals surface area contributed by atoms with Gasteiger partial charge in [-0.15, -0.1) is 0 Å². The quantitative estimate of drug-likeness (QED) is 0.582. The van der Waals surface area contributed by atoms with Gasteiger partial charge in [-0.25, -0.2) is 9.97 Å². The standard InChI is InChI=1S/C9H10N6O/c16-9-5-3-10-2-1-6(5)13-8(14-9)7-11-4-12-15-7/h4,10H,1-3H2,(H,11,12,15)(H,13,14,16). The molecule has 3 N–H and O–H groups in total. The van der Waals surface area contributed by atoms with Gasteiger partial charge in [0.25, 0.3) is 5.56 Å². The predicted molar refractivity (Wildman–Crippen MR) is 55.6 cm³/mol. The Morgan fingerprint density at radius 2 is 2.25 bits per heavy atom. The van der Waals surface area contributed by atoms with Crippen LogP contribution in [0.2, 0.25) is 0 Å². The van der Waals surface area contributed by atoms with Gasteiger partial charge in [-0.05, 0) is 0 Å². The molecule has 2 aromatic rings. The average molecular weight is 218 g/mol. The number of aromatic nitrogens is 5. The summed E-state index contributed by atoms with van der Waals surface area (Å²) in [5.41, 5.74) is 1.45. The zero-order valence-electron chi connectivity index (χ0n) is 8.45. The van der Waals surface area contributed by atoms with Gasteiger partial charge in [-0.1, -0.05) is 0 Å². The van der Waals surface area contributed by atoms with Crippen LogP contribution in [0.25, 0.3) is 11.6 Å². The first kappa shape index (κ1) is 9.22. The summed E-state index contributed by atoms with van der Waals surface area (Å²) in [6.07, 6.45) is 2.15. The molecule has 0 fully saturated rings. The van der Waals surface area contributed by atoms with Gasteiger partial charge in [-0.2, -0.15) is 5.10 Å². The fraction of sp³-hybridized carbons (Fsp3) is 0.333. The minimum Gasteiger partial charge on any atom is -0.312 e. The van der Waals surface area contributed by atoms with Crippen LogP contribution in [0.15, 0.2) is 11.1 Å². The summed E-state index contributed by atoms with van der Waals surface area (Å²) in [4.78, 5) is 22.8. The maximum absolute atomic E-state index is 11.8. The predicted octanol–water partition coefficient (Wildman–Crippen LogP) is -0.799. The Hall–Kier alpha value is -2.02. The van der Waals surface area contributed by atoms with E-state index in [1.54, 1.807) is 0 Å². The molecule has 0 radical (unpaired) electrons. The molecule has 0 atom stereocenters. The van der Waals surface area contributed by atoms with Crippen molar-refractivity contribution in [3.63, 3.8) is 0 Å². The number of hydrogen-bond acceptors (Lipinski definition) is 5. The minimum atomic E-state index is -0.108. The zero-order valence-corrected chi connectivity index (χ0v) is 8.45. The Morgan fingerprint density at radius 3 is 3.06 bits per heavy atom. The zero-order chi connectivity index (χ0) is 11.0. The van der Waals surface area contributed by atoms with Gasteiger partial charge in [0.1, 0.15) is 6.33 Å². The Bertz CT molecular complexity index is 558. The first-order valence-corrected chi connectivity index (χ1v) is 5.03. The summed E-state index contributed by atoms with van der Waals surface area (Å²) in [5.74, 6) is 0.932. The lowest BCUT2D eigenvalue weighted by molar-refractivity contribution is 0.621. The third-order valence-corrected chi connectivity index (χ3v) is 2.58. The van der Waals surface area contributed by atoms with E-state index in [4.69, 9.17) is 0 Å². The van der Waals surface area contributed by atoms with Crippen molar-refractivity contribution >= 4 is 0 Å². The van der Waals surface area contributed by atoms with Gasteiger partial charge >= 0.3 is 0 Å². The van der Waals surface area contributed by atoms with Crippen LogP contribution in [-0.2, 0) is 13.0 Å². The van der Waals surface area contributed by atoms with Crippen molar-refractivity contribution < 1.29 is 0 Å². The second kappa shape index (κ2) is 3.53. The molecule has 0 aliphatic carbocycles. The SMILES string of the molecule is O=c1[nH]c(-c2ncn[nH]2)nc2c1CNCC2. The Balaban J connectivity index is 2.16. The summed E-state index contributed by atoms with van der Waals surface area (Å²) in [7, 11) is 0. The largest absolute Gasteiger partial charge is 0.312 e. The number of nitrogens with one attached hydrogen (secondary N) is 3. The summed E-state index contributed by atoms with van der Waals surface area (Å²) in [6.45, 7) is 1.42. The fourth-order valence-corrected chi connectivity index (χ4v) is 1.79. The Kier molecular flexibility index (Phi) is 2.03. The molecule has 3 rings (SSSR count). The van der Waals surface area contributed by atoms with E-state index >= 15 is 0 Å². The van der Waals surface area contributed by atoms with Crippen molar-refractivity contribution in [1.29, 1.82) is 0 Å². The lowest BCUT2D eigenvalue weighted by Crippen LogP contribution is -2.31. The number of nitrogens with zero attached hydrogens (tertiary/aromatic N) is 3. The molecule has 82 valence electrons. The van der Waals surface area contributed by atoms with E-state index in [0.717, 1.165) is 24.2 Å². The number of fused-ring (bicyclic) bond motifs is 1. The molecule has 0 amide bonds. The molecule has 0 spiro atoms. The fourth-order valence-electron chi connectivity index (χ4n) is 1.79. The summed E-state index contributed by atoms with van der Waals surface area (Å²) >= 11 is 0. The van der Waals surface area contributed by atoms with Crippen LogP contribution in [0.4, 0.5) is 0 Å². The molecular weight excluding hydrogens is 208 g/mol. The molecule has 3 heterocycles. The molecule has 1 aliphatic heterocycles. The number of rotatable bonds is 1. The molecule has 0 aromatic carbocycles. The molecule has 0 saturated heterocycles. The van der Waals surface area contributed by atoms with Crippen molar-refractivity contribution in [3.8, 4) is 11.6 Å². The topological polar surface area (TPSA) is 99.4 Å². The number of aromatic amines is 2. The highest BCUT2D eigenvalue weighted by Gasteiger charge is 2.16. The summed E-state index contributed by atoms with van der Waals surface area (Å²) in [5, 5.41) is 9.55. The maximum Gasteiger partial charge on any atom is 0.255 e. The van der Waals surface area contributed by atoms with Crippen LogP contribution in [0.5, 0.6) is 0 Å². The van der Waals surface area contributed by atoms with Gasteiger partial charge in [0.15, 0.2) is 11.6 Å². The Labute approximate surface area is 90.3 Å². The van der Waals surface area contributed by atoms with E-state index in [0.29, 0.717) is 18.2 Å². The highest BCUT2D eigenvalue weighted by atomic mass is 16.1. The van der Waals surface area contributed by atoms with Crippen LogP contribution >= 0.6 is 0 Å².